The van der Waals surface area contributed by atoms with Crippen molar-refractivity contribution < 1.29 is 33.7 Å². The highest BCUT2D eigenvalue weighted by atomic mass is 16.5. The summed E-state index contributed by atoms with van der Waals surface area (Å²) >= 11 is 0. The molecule has 32 heavy (non-hydrogen) atoms. The van der Waals surface area contributed by atoms with E-state index >= 15 is 0 Å². The van der Waals surface area contributed by atoms with Crippen molar-refractivity contribution in [2.24, 2.45) is 0 Å². The van der Waals surface area contributed by atoms with E-state index in [0.717, 1.165) is 0 Å². The van der Waals surface area contributed by atoms with Crippen molar-refractivity contribution in [3.63, 3.8) is 0 Å². The Labute approximate surface area is 185 Å². The number of hydrogen-bond donors (Lipinski definition) is 2. The second kappa shape index (κ2) is 9.97. The standard InChI is InChI=1S/C23H24N2O7/c1-30-15-9-7-14(8-10-15)19-16(22(28)31-2)5-4-6-18(19)24-20-17(23(29)32-3)13-25(11-12-26)21(20)27/h4-10,24,26H,11-13H2,1-3H3. The Bertz CT molecular complexity index is 1060. The summed E-state index contributed by atoms with van der Waals surface area (Å²) in [5, 5.41) is 12.3. The summed E-state index contributed by atoms with van der Waals surface area (Å²) in [4.78, 5) is 39.0. The summed E-state index contributed by atoms with van der Waals surface area (Å²) in [6.45, 7) is -0.177. The molecule has 0 saturated heterocycles. The number of β-amino-alcohol motifs (C(OH)–C–C–N with tert-alkyl or cyclic N) is 1. The molecule has 1 amide bonds. The Morgan fingerprint density at radius 3 is 2.31 bits per heavy atom. The normalized spacial score (nSPS) is 13.2. The zero-order chi connectivity index (χ0) is 23.3. The number of methoxy groups -OCH3 is 3. The van der Waals surface area contributed by atoms with Gasteiger partial charge in [-0.25, -0.2) is 9.59 Å². The van der Waals surface area contributed by atoms with Gasteiger partial charge in [0.1, 0.15) is 11.4 Å². The molecule has 168 valence electrons. The maximum absolute atomic E-state index is 12.9. The van der Waals surface area contributed by atoms with Gasteiger partial charge in [-0.1, -0.05) is 18.2 Å². The molecule has 2 aromatic carbocycles. The molecule has 1 aliphatic rings. The molecule has 0 radical (unpaired) electrons. The molecule has 0 saturated carbocycles. The zero-order valence-electron chi connectivity index (χ0n) is 18.0. The van der Waals surface area contributed by atoms with Crippen molar-refractivity contribution in [1.82, 2.24) is 4.90 Å². The third-order valence-corrected chi connectivity index (χ3v) is 5.06. The second-order valence-corrected chi connectivity index (χ2v) is 6.87. The average molecular weight is 440 g/mol. The average Bonchev–Trinajstić information content (AvgIpc) is 3.13. The number of amides is 1. The Balaban J connectivity index is 2.13. The molecule has 0 unspecified atom stereocenters. The first-order valence-electron chi connectivity index (χ1n) is 9.79. The van der Waals surface area contributed by atoms with Gasteiger partial charge in [-0.05, 0) is 29.8 Å². The smallest absolute Gasteiger partial charge is 0.338 e. The Kier molecular flexibility index (Phi) is 7.11. The van der Waals surface area contributed by atoms with Gasteiger partial charge in [0.25, 0.3) is 5.91 Å². The number of nitrogens with one attached hydrogen (secondary N) is 1. The van der Waals surface area contributed by atoms with E-state index in [1.165, 1.54) is 19.1 Å². The first-order chi connectivity index (χ1) is 15.4. The van der Waals surface area contributed by atoms with E-state index in [0.29, 0.717) is 22.6 Å². The summed E-state index contributed by atoms with van der Waals surface area (Å²) in [5.41, 5.74) is 2.03. The van der Waals surface area contributed by atoms with Crippen molar-refractivity contribution in [1.29, 1.82) is 0 Å². The van der Waals surface area contributed by atoms with Crippen LogP contribution in [0.1, 0.15) is 10.4 Å². The lowest BCUT2D eigenvalue weighted by atomic mass is 9.97. The van der Waals surface area contributed by atoms with Crippen molar-refractivity contribution in [2.75, 3.05) is 46.3 Å². The number of anilines is 1. The van der Waals surface area contributed by atoms with Gasteiger partial charge in [-0.3, -0.25) is 4.79 Å². The summed E-state index contributed by atoms with van der Waals surface area (Å²) in [6.07, 6.45) is 0. The van der Waals surface area contributed by atoms with Crippen LogP contribution in [-0.2, 0) is 19.1 Å². The largest absolute Gasteiger partial charge is 0.497 e. The van der Waals surface area contributed by atoms with E-state index in [2.05, 4.69) is 5.32 Å². The first kappa shape index (κ1) is 22.8. The van der Waals surface area contributed by atoms with Crippen LogP contribution in [0.2, 0.25) is 0 Å². The molecule has 0 fully saturated rings. The molecule has 2 N–H and O–H groups in total. The highest BCUT2D eigenvalue weighted by Gasteiger charge is 2.35. The highest BCUT2D eigenvalue weighted by molar-refractivity contribution is 6.10. The lowest BCUT2D eigenvalue weighted by Crippen LogP contribution is -2.31. The van der Waals surface area contributed by atoms with Gasteiger partial charge in [0, 0.05) is 17.8 Å². The molecule has 1 aliphatic heterocycles. The van der Waals surface area contributed by atoms with Crippen LogP contribution in [-0.4, -0.2) is 68.9 Å². The molecule has 0 atom stereocenters. The zero-order valence-corrected chi connectivity index (χ0v) is 18.0. The van der Waals surface area contributed by atoms with Crippen molar-refractivity contribution in [2.45, 2.75) is 0 Å². The summed E-state index contributed by atoms with van der Waals surface area (Å²) in [6, 6.07) is 12.0. The van der Waals surface area contributed by atoms with E-state index in [4.69, 9.17) is 14.2 Å². The van der Waals surface area contributed by atoms with Gasteiger partial charge in [0.15, 0.2) is 0 Å². The van der Waals surface area contributed by atoms with Crippen molar-refractivity contribution in [3.8, 4) is 16.9 Å². The van der Waals surface area contributed by atoms with Gasteiger partial charge in [0.05, 0.1) is 45.6 Å². The molecule has 9 nitrogen and oxygen atoms in total. The fraction of sp³-hybridized carbons (Fsp3) is 0.261. The SMILES string of the molecule is COC(=O)C1=C(Nc2cccc(C(=O)OC)c2-c2ccc(OC)cc2)C(=O)N(CCO)C1. The third-order valence-electron chi connectivity index (χ3n) is 5.06. The molecule has 0 spiro atoms. The molecular weight excluding hydrogens is 416 g/mol. The topological polar surface area (TPSA) is 114 Å². The monoisotopic (exact) mass is 440 g/mol. The number of carbonyl (C=O) groups excluding carboxylic acids is 3. The number of aliphatic hydroxyl groups excluding tert-OH is 1. The van der Waals surface area contributed by atoms with Crippen LogP contribution in [0.3, 0.4) is 0 Å². The van der Waals surface area contributed by atoms with E-state index in [-0.39, 0.29) is 36.5 Å². The van der Waals surface area contributed by atoms with E-state index < -0.39 is 17.8 Å². The summed E-state index contributed by atoms with van der Waals surface area (Å²) in [5.74, 6) is -1.03. The minimum absolute atomic E-state index is 0.00294. The first-order valence-corrected chi connectivity index (χ1v) is 9.79. The maximum atomic E-state index is 12.9. The van der Waals surface area contributed by atoms with Gasteiger partial charge in [-0.2, -0.15) is 0 Å². The lowest BCUT2D eigenvalue weighted by molar-refractivity contribution is -0.136. The predicted molar refractivity (Wildman–Crippen MR) is 116 cm³/mol. The third kappa shape index (κ3) is 4.42. The second-order valence-electron chi connectivity index (χ2n) is 6.87. The molecule has 0 bridgehead atoms. The minimum Gasteiger partial charge on any atom is -0.497 e. The fourth-order valence-corrected chi connectivity index (χ4v) is 3.49. The lowest BCUT2D eigenvalue weighted by Gasteiger charge is -2.18. The number of carbonyl (C=O) groups is 3. The number of aliphatic hydroxyl groups is 1. The number of esters is 2. The number of ether oxygens (including phenoxy) is 3. The maximum Gasteiger partial charge on any atom is 0.338 e. The van der Waals surface area contributed by atoms with Crippen molar-refractivity contribution in [3.05, 3.63) is 59.3 Å². The van der Waals surface area contributed by atoms with Crippen LogP contribution in [0.25, 0.3) is 11.1 Å². The molecular formula is C23H24N2O7. The van der Waals surface area contributed by atoms with Crippen LogP contribution < -0.4 is 10.1 Å². The van der Waals surface area contributed by atoms with Crippen molar-refractivity contribution >= 4 is 23.5 Å². The minimum atomic E-state index is -0.656. The molecule has 0 aromatic heterocycles. The Morgan fingerprint density at radius 1 is 1.03 bits per heavy atom. The Hall–Kier alpha value is -3.85. The summed E-state index contributed by atoms with van der Waals surface area (Å²) in [7, 11) is 4.06. The van der Waals surface area contributed by atoms with Crippen LogP contribution in [0.4, 0.5) is 5.69 Å². The molecule has 2 aromatic rings. The molecule has 3 rings (SSSR count). The molecule has 0 aliphatic carbocycles. The van der Waals surface area contributed by atoms with E-state index in [1.807, 2.05) is 0 Å². The van der Waals surface area contributed by atoms with E-state index in [1.54, 1.807) is 49.6 Å². The van der Waals surface area contributed by atoms with Crippen LogP contribution in [0.5, 0.6) is 5.75 Å². The van der Waals surface area contributed by atoms with Crippen LogP contribution in [0.15, 0.2) is 53.7 Å². The Morgan fingerprint density at radius 2 is 1.72 bits per heavy atom. The number of nitrogens with zero attached hydrogens (tertiary/aromatic N) is 1. The van der Waals surface area contributed by atoms with Crippen LogP contribution >= 0.6 is 0 Å². The fourth-order valence-electron chi connectivity index (χ4n) is 3.49. The van der Waals surface area contributed by atoms with Gasteiger partial charge in [0.2, 0.25) is 0 Å². The van der Waals surface area contributed by atoms with Gasteiger partial charge < -0.3 is 29.5 Å². The quantitative estimate of drug-likeness (QED) is 0.598. The van der Waals surface area contributed by atoms with Gasteiger partial charge >= 0.3 is 11.9 Å². The molecule has 1 heterocycles. The summed E-state index contributed by atoms with van der Waals surface area (Å²) < 4.78 is 15.0. The van der Waals surface area contributed by atoms with Gasteiger partial charge in [-0.15, -0.1) is 0 Å². The number of hydrogen-bond acceptors (Lipinski definition) is 8. The molecule has 9 heteroatoms. The number of benzene rings is 2. The highest BCUT2D eigenvalue weighted by Crippen LogP contribution is 2.35. The van der Waals surface area contributed by atoms with E-state index in [9.17, 15) is 19.5 Å². The predicted octanol–water partition coefficient (Wildman–Crippen LogP) is 1.82. The van der Waals surface area contributed by atoms with Crippen LogP contribution in [0, 0.1) is 0 Å². The number of rotatable bonds is 8.